The van der Waals surface area contributed by atoms with Gasteiger partial charge in [-0.25, -0.2) is 13.8 Å². The van der Waals surface area contributed by atoms with Gasteiger partial charge in [0.15, 0.2) is 11.6 Å². The molecule has 0 bridgehead atoms. The van der Waals surface area contributed by atoms with E-state index in [1.807, 2.05) is 93.9 Å². The maximum atomic E-state index is 14.2. The number of ketones is 2. The molecule has 4 aromatic carbocycles. The SMILES string of the molecule is Cc1ncsc1-c1ccc(CCC(=O)[C@@H]2C[C@@H](O)CN2C(=O)[C@@H](CC(=O)CCCNC(=O)CN2CCN(c3ccc(C(=O)Nc4n[nH]c5ccc(Cc6cc(F)cc(F)c6)cc45)c(NC4CCOCC4)c3)CC2)C(C)(C)C)cc1. The Labute approximate surface area is 463 Å². The molecular formula is C60H71F2N9O7S. The van der Waals surface area contributed by atoms with Gasteiger partial charge in [-0.05, 0) is 109 Å². The number of nitrogens with zero attached hydrogens (tertiary/aromatic N) is 5. The maximum absolute atomic E-state index is 14.2. The molecule has 79 heavy (non-hydrogen) atoms. The molecule has 0 spiro atoms. The number of carbonyl (C=O) groups is 5. The first-order valence-corrected chi connectivity index (χ1v) is 28.3. The quantitative estimate of drug-likeness (QED) is 0.0431. The molecule has 3 atom stereocenters. The predicted octanol–water partition coefficient (Wildman–Crippen LogP) is 8.51. The second kappa shape index (κ2) is 25.5. The smallest absolute Gasteiger partial charge is 0.258 e. The normalized spacial score (nSPS) is 17.7. The molecule has 3 aliphatic heterocycles. The fourth-order valence-corrected chi connectivity index (χ4v) is 11.7. The summed E-state index contributed by atoms with van der Waals surface area (Å²) < 4.78 is 33.5. The van der Waals surface area contributed by atoms with Crippen LogP contribution < -0.4 is 20.9 Å². The second-order valence-electron chi connectivity index (χ2n) is 22.3. The third kappa shape index (κ3) is 14.7. The Morgan fingerprint density at radius 2 is 1.62 bits per heavy atom. The molecular weight excluding hydrogens is 1030 g/mol. The Morgan fingerprint density at radius 1 is 0.886 bits per heavy atom. The Bertz CT molecular complexity index is 3120. The van der Waals surface area contributed by atoms with Gasteiger partial charge in [0.1, 0.15) is 17.4 Å². The summed E-state index contributed by atoms with van der Waals surface area (Å²) >= 11 is 1.58. The van der Waals surface area contributed by atoms with Crippen LogP contribution in [0.5, 0.6) is 0 Å². The standard InChI is InChI=1S/C60H71F2N9O7S/c1-37-56(79-36-64-37)41-11-7-38(8-12-41)10-16-54(74)53-33-47(73)34-71(53)59(77)50(60(2,3)4)32-46(72)6-5-19-63-55(75)35-69-20-22-70(23-21-69)45-13-14-48(52(31-45)65-44-17-24-78-25-18-44)58(76)66-57-49-29-39(9-15-51(49)67-68-57)26-40-27-42(61)30-43(62)28-40/h7-9,11-15,27-31,36,44,47,50,53,65,73H,5-6,10,16-26,32-35H2,1-4H3,(H,63,75)(H2,66,67,68,76)/t47-,50-,53+/m1/s1. The lowest BCUT2D eigenvalue weighted by molar-refractivity contribution is -0.145. The molecule has 3 fully saturated rings. The van der Waals surface area contributed by atoms with Crippen molar-refractivity contribution >= 4 is 68.7 Å². The number of ether oxygens (including phenoxy) is 1. The van der Waals surface area contributed by atoms with Gasteiger partial charge in [0.2, 0.25) is 11.8 Å². The molecule has 0 aliphatic carbocycles. The number of H-pyrrole nitrogens is 1. The number of likely N-dealkylation sites (tertiary alicyclic amines) is 1. The Morgan fingerprint density at radius 3 is 2.33 bits per heavy atom. The molecule has 16 nitrogen and oxygen atoms in total. The number of nitrogens with one attached hydrogen (secondary N) is 4. The Hall–Kier alpha value is -6.93. The van der Waals surface area contributed by atoms with Crippen molar-refractivity contribution in [2.75, 3.05) is 74.6 Å². The molecule has 19 heteroatoms. The van der Waals surface area contributed by atoms with Gasteiger partial charge in [0.05, 0.1) is 45.9 Å². The third-order valence-electron chi connectivity index (χ3n) is 15.4. The van der Waals surface area contributed by atoms with Crippen molar-refractivity contribution in [2.24, 2.45) is 11.3 Å². The predicted molar refractivity (Wildman–Crippen MR) is 302 cm³/mol. The number of halogens is 2. The molecule has 5 N–H and O–H groups in total. The summed E-state index contributed by atoms with van der Waals surface area (Å²) in [5.74, 6) is -2.65. The highest BCUT2D eigenvalue weighted by Gasteiger charge is 2.44. The minimum Gasteiger partial charge on any atom is -0.391 e. The lowest BCUT2D eigenvalue weighted by Gasteiger charge is -2.36. The van der Waals surface area contributed by atoms with Gasteiger partial charge in [0, 0.05) is 113 Å². The molecule has 418 valence electrons. The van der Waals surface area contributed by atoms with Gasteiger partial charge >= 0.3 is 0 Å². The maximum Gasteiger partial charge on any atom is 0.258 e. The first-order chi connectivity index (χ1) is 37.9. The minimum atomic E-state index is -0.825. The second-order valence-corrected chi connectivity index (χ2v) is 23.2. The molecule has 3 saturated heterocycles. The number of benzene rings is 4. The highest BCUT2D eigenvalue weighted by atomic mass is 32.1. The number of aliphatic hydroxyl groups excluding tert-OH is 1. The van der Waals surface area contributed by atoms with E-state index >= 15 is 0 Å². The number of thiazole rings is 1. The van der Waals surface area contributed by atoms with Crippen molar-refractivity contribution in [3.63, 3.8) is 0 Å². The summed E-state index contributed by atoms with van der Waals surface area (Å²) in [5.41, 5.74) is 8.31. The van der Waals surface area contributed by atoms with Crippen molar-refractivity contribution in [1.82, 2.24) is 30.3 Å². The van der Waals surface area contributed by atoms with E-state index in [4.69, 9.17) is 4.74 Å². The number of β-amino-alcohol motifs (C(OH)–C–C–N with tert-alkyl or cyclic N) is 1. The van der Waals surface area contributed by atoms with E-state index in [2.05, 4.69) is 40.9 Å². The molecule has 0 radical (unpaired) electrons. The highest BCUT2D eigenvalue weighted by molar-refractivity contribution is 7.13. The highest BCUT2D eigenvalue weighted by Crippen LogP contribution is 2.35. The number of aromatic amines is 1. The van der Waals surface area contributed by atoms with Crippen LogP contribution in [0, 0.1) is 29.9 Å². The number of aromatic nitrogens is 3. The van der Waals surface area contributed by atoms with Gasteiger partial charge in [-0.2, -0.15) is 5.10 Å². The number of anilines is 3. The van der Waals surface area contributed by atoms with E-state index in [1.165, 1.54) is 17.0 Å². The largest absolute Gasteiger partial charge is 0.391 e. The van der Waals surface area contributed by atoms with Crippen LogP contribution in [0.3, 0.4) is 0 Å². The topological polar surface area (TPSA) is 202 Å². The number of carbonyl (C=O) groups excluding carboxylic acids is 5. The number of aliphatic hydroxyl groups is 1. The van der Waals surface area contributed by atoms with Crippen molar-refractivity contribution in [1.29, 1.82) is 0 Å². The number of piperazine rings is 1. The van der Waals surface area contributed by atoms with E-state index in [-0.39, 0.29) is 80.5 Å². The minimum absolute atomic E-state index is 0.00121. The summed E-state index contributed by atoms with van der Waals surface area (Å²) in [6.07, 6.45) is 2.53. The average molecular weight is 1100 g/mol. The fraction of sp³-hybridized carbons (Fsp3) is 0.450. The average Bonchev–Trinajstić information content (AvgIpc) is 4.23. The zero-order chi connectivity index (χ0) is 55.8. The number of hydrogen-bond donors (Lipinski definition) is 5. The molecule has 2 aromatic heterocycles. The summed E-state index contributed by atoms with van der Waals surface area (Å²) in [4.78, 5) is 79.9. The van der Waals surface area contributed by atoms with Crippen LogP contribution in [0.2, 0.25) is 0 Å². The number of aryl methyl sites for hydroxylation is 2. The van der Waals surface area contributed by atoms with Crippen LogP contribution in [-0.2, 0) is 36.8 Å². The summed E-state index contributed by atoms with van der Waals surface area (Å²) in [7, 11) is 0. The van der Waals surface area contributed by atoms with E-state index in [0.29, 0.717) is 92.3 Å². The number of rotatable bonds is 21. The molecule has 0 unspecified atom stereocenters. The van der Waals surface area contributed by atoms with Crippen LogP contribution in [0.1, 0.15) is 98.5 Å². The Balaban J connectivity index is 0.734. The van der Waals surface area contributed by atoms with E-state index in [0.717, 1.165) is 51.9 Å². The van der Waals surface area contributed by atoms with Crippen molar-refractivity contribution in [3.8, 4) is 10.4 Å². The van der Waals surface area contributed by atoms with Gasteiger partial charge in [-0.15, -0.1) is 11.3 Å². The van der Waals surface area contributed by atoms with Crippen molar-refractivity contribution < 1.29 is 42.6 Å². The van der Waals surface area contributed by atoms with Crippen LogP contribution in [0.15, 0.2) is 84.4 Å². The summed E-state index contributed by atoms with van der Waals surface area (Å²) in [6.45, 7) is 12.1. The third-order valence-corrected chi connectivity index (χ3v) is 16.4. The van der Waals surface area contributed by atoms with Crippen LogP contribution in [-0.4, -0.2) is 137 Å². The molecule has 6 aromatic rings. The van der Waals surface area contributed by atoms with Crippen LogP contribution >= 0.6 is 11.3 Å². The first kappa shape index (κ1) is 56.8. The lowest BCUT2D eigenvalue weighted by atomic mass is 9.76. The molecule has 0 saturated carbocycles. The van der Waals surface area contributed by atoms with Crippen molar-refractivity contribution in [2.45, 2.75) is 104 Å². The summed E-state index contributed by atoms with van der Waals surface area (Å²) in [6, 6.07) is 22.1. The van der Waals surface area contributed by atoms with E-state index in [1.54, 1.807) is 11.3 Å². The lowest BCUT2D eigenvalue weighted by Crippen LogP contribution is -2.49. The van der Waals surface area contributed by atoms with Gasteiger partial charge in [0.25, 0.3) is 5.91 Å². The number of amides is 3. The fourth-order valence-electron chi connectivity index (χ4n) is 10.9. The van der Waals surface area contributed by atoms with Crippen LogP contribution in [0.25, 0.3) is 21.3 Å². The zero-order valence-electron chi connectivity index (χ0n) is 45.4. The molecule has 5 heterocycles. The number of hydrogen-bond acceptors (Lipinski definition) is 13. The van der Waals surface area contributed by atoms with Crippen molar-refractivity contribution in [3.05, 3.63) is 124 Å². The first-order valence-electron chi connectivity index (χ1n) is 27.4. The van der Waals surface area contributed by atoms with Gasteiger partial charge < -0.3 is 35.6 Å². The Kier molecular flexibility index (Phi) is 18.3. The molecule has 3 amide bonds. The monoisotopic (exact) mass is 1100 g/mol. The van der Waals surface area contributed by atoms with Gasteiger partial charge in [-0.3, -0.25) is 34.0 Å². The van der Waals surface area contributed by atoms with Crippen LogP contribution in [0.4, 0.5) is 26.0 Å². The molecule has 3 aliphatic rings. The summed E-state index contributed by atoms with van der Waals surface area (Å²) in [5, 5.41) is 28.3. The number of fused-ring (bicyclic) bond motifs is 1. The van der Waals surface area contributed by atoms with E-state index < -0.39 is 35.1 Å². The number of Topliss-reactive ketones (excluding diaryl/α,β-unsaturated/α-hetero) is 2. The van der Waals surface area contributed by atoms with Gasteiger partial charge in [-0.1, -0.05) is 51.1 Å². The molecule has 9 rings (SSSR count). The zero-order valence-corrected chi connectivity index (χ0v) is 46.2. The van der Waals surface area contributed by atoms with E-state index in [9.17, 15) is 37.9 Å².